The summed E-state index contributed by atoms with van der Waals surface area (Å²) in [5.41, 5.74) is 0. The maximum absolute atomic E-state index is 5.03. The average molecular weight is 148 g/mol. The van der Waals surface area contributed by atoms with Crippen LogP contribution in [0, 0.1) is 0 Å². The van der Waals surface area contributed by atoms with E-state index in [0.717, 1.165) is 24.7 Å². The van der Waals surface area contributed by atoms with Gasteiger partial charge in [0.15, 0.2) is 0 Å². The first kappa shape index (κ1) is 7.38. The fourth-order valence-electron chi connectivity index (χ4n) is 0.521. The van der Waals surface area contributed by atoms with Crippen LogP contribution in [0.4, 0.5) is 0 Å². The van der Waals surface area contributed by atoms with Gasteiger partial charge in [-0.15, -0.1) is 0 Å². The van der Waals surface area contributed by atoms with Gasteiger partial charge in [-0.2, -0.15) is 11.8 Å². The summed E-state index contributed by atoms with van der Waals surface area (Å²) in [5, 5.41) is 0. The van der Waals surface area contributed by atoms with Gasteiger partial charge in [-0.05, 0) is 0 Å². The summed E-state index contributed by atoms with van der Waals surface area (Å²) in [6, 6.07) is 0. The average Bonchev–Trinajstić information content (AvgIpc) is 2.63. The van der Waals surface area contributed by atoms with E-state index < -0.39 is 0 Å². The number of ether oxygens (including phenoxy) is 2. The van der Waals surface area contributed by atoms with Gasteiger partial charge in [-0.1, -0.05) is 0 Å². The van der Waals surface area contributed by atoms with Crippen LogP contribution in [-0.2, 0) is 9.47 Å². The highest BCUT2D eigenvalue weighted by molar-refractivity contribution is 7.99. The minimum absolute atomic E-state index is 0.562. The largest absolute Gasteiger partial charge is 0.384 e. The summed E-state index contributed by atoms with van der Waals surface area (Å²) < 4.78 is 9.91. The molecule has 0 aromatic heterocycles. The fraction of sp³-hybridized carbons (Fsp3) is 1.00. The molecule has 1 saturated heterocycles. The van der Waals surface area contributed by atoms with Gasteiger partial charge in [0.25, 0.3) is 0 Å². The molecule has 2 nitrogen and oxygen atoms in total. The van der Waals surface area contributed by atoms with Crippen molar-refractivity contribution in [3.8, 4) is 0 Å². The Labute approximate surface area is 59.9 Å². The minimum atomic E-state index is 0.562. The van der Waals surface area contributed by atoms with Crippen molar-refractivity contribution in [2.75, 3.05) is 31.8 Å². The Morgan fingerprint density at radius 1 is 1.78 bits per heavy atom. The van der Waals surface area contributed by atoms with Gasteiger partial charge in [0.2, 0.25) is 0 Å². The Bertz CT molecular complexity index is 73.5. The van der Waals surface area contributed by atoms with Crippen molar-refractivity contribution >= 4 is 11.8 Å². The molecule has 0 amide bonds. The van der Waals surface area contributed by atoms with E-state index in [1.54, 1.807) is 7.11 Å². The van der Waals surface area contributed by atoms with Crippen LogP contribution in [-0.4, -0.2) is 37.9 Å². The summed E-state index contributed by atoms with van der Waals surface area (Å²) in [7, 11) is 1.73. The molecule has 0 N–H and O–H groups in total. The number of methoxy groups -OCH3 is 1. The van der Waals surface area contributed by atoms with E-state index in [1.807, 2.05) is 11.8 Å². The Balaban J connectivity index is 1.71. The lowest BCUT2D eigenvalue weighted by Crippen LogP contribution is -1.96. The second-order valence-electron chi connectivity index (χ2n) is 2.02. The van der Waals surface area contributed by atoms with E-state index in [4.69, 9.17) is 9.47 Å². The molecule has 1 aliphatic heterocycles. The van der Waals surface area contributed by atoms with E-state index in [-0.39, 0.29) is 0 Å². The molecule has 0 aromatic carbocycles. The quantitative estimate of drug-likeness (QED) is 0.424. The van der Waals surface area contributed by atoms with Gasteiger partial charge in [0, 0.05) is 18.6 Å². The highest BCUT2D eigenvalue weighted by atomic mass is 32.2. The molecule has 0 aliphatic carbocycles. The number of hydrogen-bond donors (Lipinski definition) is 0. The summed E-state index contributed by atoms with van der Waals surface area (Å²) in [5.74, 6) is 2.24. The van der Waals surface area contributed by atoms with E-state index >= 15 is 0 Å². The standard InChI is InChI=1S/C6H12O2S/c1-7-2-3-9-5-6-4-8-6/h6H,2-5H2,1H3. The van der Waals surface area contributed by atoms with Crippen LogP contribution >= 0.6 is 11.8 Å². The first-order valence-electron chi connectivity index (χ1n) is 3.12. The molecular formula is C6H12O2S. The van der Waals surface area contributed by atoms with Crippen LogP contribution in [0.3, 0.4) is 0 Å². The van der Waals surface area contributed by atoms with Crippen LogP contribution in [0.15, 0.2) is 0 Å². The second-order valence-corrected chi connectivity index (χ2v) is 3.17. The summed E-state index contributed by atoms with van der Waals surface area (Å²) in [4.78, 5) is 0. The smallest absolute Gasteiger partial charge is 0.0900 e. The fourth-order valence-corrected chi connectivity index (χ4v) is 1.43. The molecule has 1 atom stereocenters. The first-order valence-corrected chi connectivity index (χ1v) is 4.27. The zero-order valence-corrected chi connectivity index (χ0v) is 6.45. The van der Waals surface area contributed by atoms with E-state index in [9.17, 15) is 0 Å². The number of epoxide rings is 1. The lowest BCUT2D eigenvalue weighted by molar-refractivity contribution is 0.218. The number of hydrogen-bond acceptors (Lipinski definition) is 3. The molecule has 0 radical (unpaired) electrons. The van der Waals surface area contributed by atoms with Crippen molar-refractivity contribution in [2.45, 2.75) is 6.10 Å². The highest BCUT2D eigenvalue weighted by Crippen LogP contribution is 2.15. The molecule has 1 unspecified atom stereocenters. The van der Waals surface area contributed by atoms with Crippen molar-refractivity contribution in [2.24, 2.45) is 0 Å². The van der Waals surface area contributed by atoms with Gasteiger partial charge < -0.3 is 9.47 Å². The van der Waals surface area contributed by atoms with Gasteiger partial charge in [0.05, 0.1) is 19.3 Å². The normalized spacial score (nSPS) is 24.3. The molecule has 0 aromatic rings. The summed E-state index contributed by atoms with van der Waals surface area (Å²) >= 11 is 1.90. The van der Waals surface area contributed by atoms with Gasteiger partial charge in [0.1, 0.15) is 0 Å². The molecule has 1 aliphatic rings. The molecule has 0 bridgehead atoms. The Morgan fingerprint density at radius 2 is 2.56 bits per heavy atom. The van der Waals surface area contributed by atoms with Crippen molar-refractivity contribution in [3.05, 3.63) is 0 Å². The third kappa shape index (κ3) is 3.78. The van der Waals surface area contributed by atoms with Gasteiger partial charge in [-0.25, -0.2) is 0 Å². The Kier molecular flexibility index (Phi) is 3.40. The minimum Gasteiger partial charge on any atom is -0.384 e. The molecule has 0 saturated carbocycles. The Morgan fingerprint density at radius 3 is 3.11 bits per heavy atom. The zero-order valence-electron chi connectivity index (χ0n) is 5.63. The van der Waals surface area contributed by atoms with Crippen molar-refractivity contribution in [1.29, 1.82) is 0 Å². The first-order chi connectivity index (χ1) is 4.43. The Hall–Kier alpha value is 0.270. The van der Waals surface area contributed by atoms with Crippen LogP contribution < -0.4 is 0 Å². The van der Waals surface area contributed by atoms with E-state index in [2.05, 4.69) is 0 Å². The molecule has 1 fully saturated rings. The lowest BCUT2D eigenvalue weighted by atomic mass is 10.6. The van der Waals surface area contributed by atoms with Crippen LogP contribution in [0.25, 0.3) is 0 Å². The third-order valence-corrected chi connectivity index (χ3v) is 2.20. The molecular weight excluding hydrogens is 136 g/mol. The predicted octanol–water partition coefficient (Wildman–Crippen LogP) is 0.765. The number of thioether (sulfide) groups is 1. The zero-order chi connectivity index (χ0) is 6.53. The molecule has 54 valence electrons. The van der Waals surface area contributed by atoms with Crippen LogP contribution in [0.5, 0.6) is 0 Å². The van der Waals surface area contributed by atoms with Gasteiger partial charge in [-0.3, -0.25) is 0 Å². The second kappa shape index (κ2) is 4.14. The molecule has 9 heavy (non-hydrogen) atoms. The lowest BCUT2D eigenvalue weighted by Gasteiger charge is -1.95. The topological polar surface area (TPSA) is 21.8 Å². The predicted molar refractivity (Wildman–Crippen MR) is 38.9 cm³/mol. The van der Waals surface area contributed by atoms with Gasteiger partial charge >= 0.3 is 0 Å². The molecule has 1 rings (SSSR count). The van der Waals surface area contributed by atoms with E-state index in [0.29, 0.717) is 6.10 Å². The number of rotatable bonds is 5. The highest BCUT2D eigenvalue weighted by Gasteiger charge is 2.21. The van der Waals surface area contributed by atoms with Crippen molar-refractivity contribution in [1.82, 2.24) is 0 Å². The third-order valence-electron chi connectivity index (χ3n) is 1.14. The maximum atomic E-state index is 5.03. The van der Waals surface area contributed by atoms with Crippen molar-refractivity contribution < 1.29 is 9.47 Å². The summed E-state index contributed by atoms with van der Waals surface area (Å²) in [6.07, 6.45) is 0.562. The molecule has 3 heteroatoms. The van der Waals surface area contributed by atoms with E-state index in [1.165, 1.54) is 0 Å². The molecule has 0 spiro atoms. The molecule has 1 heterocycles. The SMILES string of the molecule is COCCSCC1CO1. The van der Waals surface area contributed by atoms with Crippen LogP contribution in [0.2, 0.25) is 0 Å². The summed E-state index contributed by atoms with van der Waals surface area (Å²) in [6.45, 7) is 1.83. The maximum Gasteiger partial charge on any atom is 0.0900 e. The van der Waals surface area contributed by atoms with Crippen LogP contribution in [0.1, 0.15) is 0 Å². The van der Waals surface area contributed by atoms with Crippen molar-refractivity contribution in [3.63, 3.8) is 0 Å². The monoisotopic (exact) mass is 148 g/mol.